The number of hydrogen-bond donors (Lipinski definition) is 2. The molecular formula is C17H13ClN2O2S2. The number of aromatic nitrogens is 1. The van der Waals surface area contributed by atoms with Gasteiger partial charge in [-0.05, 0) is 24.3 Å². The molecule has 0 unspecified atom stereocenters. The maximum Gasteiger partial charge on any atom is 0.234 e. The number of nitrogens with zero attached hydrogens (tertiary/aromatic N) is 1. The van der Waals surface area contributed by atoms with Crippen LogP contribution in [0.5, 0.6) is 5.75 Å². The monoisotopic (exact) mass is 376 g/mol. The number of thiazole rings is 1. The third-order valence-corrected chi connectivity index (χ3v) is 5.40. The van der Waals surface area contributed by atoms with Gasteiger partial charge in [0.05, 0.1) is 17.1 Å². The summed E-state index contributed by atoms with van der Waals surface area (Å²) >= 11 is 8.73. The molecule has 0 saturated heterocycles. The van der Waals surface area contributed by atoms with E-state index < -0.39 is 0 Å². The van der Waals surface area contributed by atoms with Crippen molar-refractivity contribution in [2.24, 2.45) is 0 Å². The number of phenolic OH excluding ortho intramolecular Hbond substituents is 1. The molecule has 0 aliphatic rings. The van der Waals surface area contributed by atoms with Crippen LogP contribution in [0.15, 0.2) is 58.3 Å². The fourth-order valence-electron chi connectivity index (χ4n) is 1.97. The molecule has 122 valence electrons. The van der Waals surface area contributed by atoms with Gasteiger partial charge in [-0.15, -0.1) is 11.3 Å². The number of carbonyl (C=O) groups excluding carboxylic acids is 1. The fourth-order valence-corrected chi connectivity index (χ4v) is 3.73. The van der Waals surface area contributed by atoms with Gasteiger partial charge in [-0.25, -0.2) is 4.98 Å². The van der Waals surface area contributed by atoms with Crippen LogP contribution in [-0.4, -0.2) is 21.8 Å². The van der Waals surface area contributed by atoms with Crippen LogP contribution in [0.1, 0.15) is 0 Å². The molecule has 7 heteroatoms. The van der Waals surface area contributed by atoms with Crippen molar-refractivity contribution in [3.8, 4) is 17.0 Å². The number of carbonyl (C=O) groups is 1. The molecule has 0 saturated carbocycles. The molecule has 1 heterocycles. The first-order chi connectivity index (χ1) is 11.6. The average Bonchev–Trinajstić information content (AvgIpc) is 3.05. The first kappa shape index (κ1) is 16.8. The average molecular weight is 377 g/mol. The normalized spacial score (nSPS) is 10.5. The van der Waals surface area contributed by atoms with Crippen molar-refractivity contribution in [2.75, 3.05) is 11.1 Å². The van der Waals surface area contributed by atoms with Gasteiger partial charge in [0, 0.05) is 16.0 Å². The highest BCUT2D eigenvalue weighted by Crippen LogP contribution is 2.29. The van der Waals surface area contributed by atoms with Gasteiger partial charge >= 0.3 is 0 Å². The number of halogens is 1. The molecule has 0 radical (unpaired) electrons. The van der Waals surface area contributed by atoms with E-state index in [0.29, 0.717) is 10.7 Å². The Hall–Kier alpha value is -2.02. The van der Waals surface area contributed by atoms with Crippen LogP contribution in [0.25, 0.3) is 11.3 Å². The number of benzene rings is 2. The van der Waals surface area contributed by atoms with Gasteiger partial charge in [-0.2, -0.15) is 0 Å². The number of hydrogen-bond acceptors (Lipinski definition) is 5. The van der Waals surface area contributed by atoms with E-state index >= 15 is 0 Å². The van der Waals surface area contributed by atoms with Crippen molar-refractivity contribution in [3.05, 3.63) is 58.9 Å². The maximum atomic E-state index is 12.0. The maximum absolute atomic E-state index is 12.0. The van der Waals surface area contributed by atoms with Gasteiger partial charge < -0.3 is 10.4 Å². The quantitative estimate of drug-likeness (QED) is 0.491. The van der Waals surface area contributed by atoms with Gasteiger partial charge in [-0.3, -0.25) is 4.79 Å². The Labute approximate surface area is 152 Å². The summed E-state index contributed by atoms with van der Waals surface area (Å²) in [4.78, 5) is 16.5. The van der Waals surface area contributed by atoms with Crippen molar-refractivity contribution in [3.63, 3.8) is 0 Å². The second kappa shape index (κ2) is 7.70. The van der Waals surface area contributed by atoms with E-state index in [1.165, 1.54) is 29.2 Å². The molecular weight excluding hydrogens is 364 g/mol. The third kappa shape index (κ3) is 4.29. The summed E-state index contributed by atoms with van der Waals surface area (Å²) in [6.45, 7) is 0. The summed E-state index contributed by atoms with van der Waals surface area (Å²) in [5, 5.41) is 15.0. The summed E-state index contributed by atoms with van der Waals surface area (Å²) < 4.78 is 0.812. The number of phenols is 1. The molecule has 3 rings (SSSR count). The lowest BCUT2D eigenvalue weighted by Crippen LogP contribution is -2.13. The summed E-state index contributed by atoms with van der Waals surface area (Å²) in [7, 11) is 0. The molecule has 0 bridgehead atoms. The molecule has 0 spiro atoms. The van der Waals surface area contributed by atoms with Crippen molar-refractivity contribution in [1.29, 1.82) is 0 Å². The number of rotatable bonds is 5. The second-order valence-corrected chi connectivity index (χ2v) is 7.38. The third-order valence-electron chi connectivity index (χ3n) is 3.13. The first-order valence-electron chi connectivity index (χ1n) is 7.04. The minimum Gasteiger partial charge on any atom is -0.506 e. The Morgan fingerprint density at radius 1 is 1.21 bits per heavy atom. The zero-order valence-corrected chi connectivity index (χ0v) is 14.8. The Morgan fingerprint density at radius 3 is 2.71 bits per heavy atom. The number of nitrogens with one attached hydrogen (secondary N) is 1. The second-order valence-electron chi connectivity index (χ2n) is 4.86. The molecule has 0 aliphatic heterocycles. The molecule has 2 N–H and O–H groups in total. The lowest BCUT2D eigenvalue weighted by Gasteiger charge is -2.05. The highest BCUT2D eigenvalue weighted by molar-refractivity contribution is 8.01. The van der Waals surface area contributed by atoms with E-state index in [1.807, 2.05) is 29.6 Å². The summed E-state index contributed by atoms with van der Waals surface area (Å²) in [5.41, 5.74) is 2.26. The van der Waals surface area contributed by atoms with Crippen LogP contribution in [0.4, 0.5) is 5.69 Å². The SMILES string of the molecule is O=C(CSc1nc(-c2ccc(Cl)cc2)cs1)Nc1ccccc1O. The number of para-hydroxylation sites is 2. The predicted octanol–water partition coefficient (Wildman–Crippen LogP) is 4.90. The minimum absolute atomic E-state index is 0.0510. The van der Waals surface area contributed by atoms with Gasteiger partial charge in [0.25, 0.3) is 0 Å². The highest BCUT2D eigenvalue weighted by Gasteiger charge is 2.09. The van der Waals surface area contributed by atoms with Crippen LogP contribution < -0.4 is 5.32 Å². The lowest BCUT2D eigenvalue weighted by molar-refractivity contribution is -0.113. The zero-order valence-electron chi connectivity index (χ0n) is 12.4. The Bertz CT molecular complexity index is 850. The van der Waals surface area contributed by atoms with E-state index in [2.05, 4.69) is 10.3 Å². The molecule has 2 aromatic carbocycles. The predicted molar refractivity (Wildman–Crippen MR) is 100 cm³/mol. The molecule has 4 nitrogen and oxygen atoms in total. The van der Waals surface area contributed by atoms with E-state index in [1.54, 1.807) is 18.2 Å². The first-order valence-corrected chi connectivity index (χ1v) is 9.28. The highest BCUT2D eigenvalue weighted by atomic mass is 35.5. The van der Waals surface area contributed by atoms with E-state index in [-0.39, 0.29) is 17.4 Å². The Kier molecular flexibility index (Phi) is 5.40. The van der Waals surface area contributed by atoms with Crippen LogP contribution >= 0.6 is 34.7 Å². The van der Waals surface area contributed by atoms with Crippen molar-refractivity contribution < 1.29 is 9.90 Å². The number of amides is 1. The Morgan fingerprint density at radius 2 is 1.96 bits per heavy atom. The summed E-state index contributed by atoms with van der Waals surface area (Å²) in [6, 6.07) is 14.1. The largest absolute Gasteiger partial charge is 0.506 e. The van der Waals surface area contributed by atoms with Gasteiger partial charge in [-0.1, -0.05) is 47.6 Å². The molecule has 1 amide bonds. The van der Waals surface area contributed by atoms with Crippen LogP contribution in [0.3, 0.4) is 0 Å². The molecule has 24 heavy (non-hydrogen) atoms. The molecule has 1 aromatic heterocycles. The van der Waals surface area contributed by atoms with Crippen LogP contribution in [0, 0.1) is 0 Å². The van der Waals surface area contributed by atoms with Crippen LogP contribution in [-0.2, 0) is 4.79 Å². The Balaban J connectivity index is 1.58. The minimum atomic E-state index is -0.190. The molecule has 0 fully saturated rings. The van der Waals surface area contributed by atoms with E-state index in [4.69, 9.17) is 11.6 Å². The molecule has 0 aliphatic carbocycles. The molecule has 3 aromatic rings. The topological polar surface area (TPSA) is 62.2 Å². The number of anilines is 1. The van der Waals surface area contributed by atoms with Crippen molar-refractivity contribution in [2.45, 2.75) is 4.34 Å². The standard InChI is InChI=1S/C17H13ClN2O2S2/c18-12-7-5-11(6-8-12)14-9-23-17(20-14)24-10-16(22)19-13-3-1-2-4-15(13)21/h1-9,21H,10H2,(H,19,22). The van der Waals surface area contributed by atoms with Crippen molar-refractivity contribution >= 4 is 46.3 Å². The number of aromatic hydroxyl groups is 1. The lowest BCUT2D eigenvalue weighted by atomic mass is 10.2. The fraction of sp³-hybridized carbons (Fsp3) is 0.0588. The molecule has 0 atom stereocenters. The van der Waals surface area contributed by atoms with Crippen molar-refractivity contribution in [1.82, 2.24) is 4.98 Å². The van der Waals surface area contributed by atoms with Gasteiger partial charge in [0.15, 0.2) is 4.34 Å². The number of thioether (sulfide) groups is 1. The zero-order chi connectivity index (χ0) is 16.9. The van der Waals surface area contributed by atoms with Crippen LogP contribution in [0.2, 0.25) is 5.02 Å². The smallest absolute Gasteiger partial charge is 0.234 e. The summed E-state index contributed by atoms with van der Waals surface area (Å²) in [5.74, 6) is 0.0851. The van der Waals surface area contributed by atoms with E-state index in [0.717, 1.165) is 15.6 Å². The van der Waals surface area contributed by atoms with Gasteiger partial charge in [0.2, 0.25) is 5.91 Å². The van der Waals surface area contributed by atoms with Gasteiger partial charge in [0.1, 0.15) is 5.75 Å². The van der Waals surface area contributed by atoms with E-state index in [9.17, 15) is 9.90 Å². The summed E-state index contributed by atoms with van der Waals surface area (Å²) in [6.07, 6.45) is 0.